The summed E-state index contributed by atoms with van der Waals surface area (Å²) in [6.07, 6.45) is 6.12. The molecule has 5 aliphatic rings. The number of hydrogen-bond donors (Lipinski definition) is 1. The number of phenolic OH excluding ortho intramolecular Hbond substituents is 1. The minimum Gasteiger partial charge on any atom is -0.508 e. The number of halogens is 3. The first-order chi connectivity index (χ1) is 26.4. The molecule has 2 aromatic carbocycles. The van der Waals surface area contributed by atoms with Crippen molar-refractivity contribution in [1.29, 1.82) is 0 Å². The number of piperazine rings is 1. The number of benzene rings is 2. The minimum atomic E-state index is -1.11. The van der Waals surface area contributed by atoms with E-state index >= 15 is 8.78 Å². The maximum absolute atomic E-state index is 17.3. The molecule has 0 spiro atoms. The van der Waals surface area contributed by atoms with E-state index < -0.39 is 53.8 Å². The number of anilines is 1. The number of terminal acetylenes is 1. The van der Waals surface area contributed by atoms with Gasteiger partial charge in [0.2, 0.25) is 12.2 Å². The van der Waals surface area contributed by atoms with Crippen molar-refractivity contribution >= 4 is 39.6 Å². The van der Waals surface area contributed by atoms with Crippen molar-refractivity contribution in [3.8, 4) is 41.2 Å². The second-order valence-electron chi connectivity index (χ2n) is 15.0. The highest BCUT2D eigenvalue weighted by atomic mass is 19.1. The number of hydrogen-bond acceptors (Lipinski definition) is 12. The molecule has 2 aromatic heterocycles. The molecule has 286 valence electrons. The summed E-state index contributed by atoms with van der Waals surface area (Å²) >= 11 is 0. The predicted octanol–water partition coefficient (Wildman–Crippen LogP) is 5.23. The second-order valence-corrected chi connectivity index (χ2v) is 15.0. The fourth-order valence-corrected chi connectivity index (χ4v) is 9.45. The van der Waals surface area contributed by atoms with Gasteiger partial charge in [0.15, 0.2) is 5.82 Å². The summed E-state index contributed by atoms with van der Waals surface area (Å²) in [6, 6.07) is 3.81. The number of pyridine rings is 1. The zero-order valence-electron chi connectivity index (χ0n) is 30.1. The van der Waals surface area contributed by atoms with Crippen LogP contribution in [0.4, 0.5) is 23.8 Å². The van der Waals surface area contributed by atoms with E-state index in [0.29, 0.717) is 31.2 Å². The van der Waals surface area contributed by atoms with Crippen LogP contribution in [0.2, 0.25) is 0 Å². The van der Waals surface area contributed by atoms with Crippen LogP contribution in [0.3, 0.4) is 0 Å². The van der Waals surface area contributed by atoms with E-state index in [9.17, 15) is 19.1 Å². The van der Waals surface area contributed by atoms with Crippen LogP contribution < -0.4 is 14.4 Å². The zero-order valence-corrected chi connectivity index (χ0v) is 30.1. The Balaban J connectivity index is 1.18. The van der Waals surface area contributed by atoms with E-state index in [4.69, 9.17) is 30.4 Å². The van der Waals surface area contributed by atoms with Gasteiger partial charge in [-0.15, -0.1) is 6.42 Å². The molecule has 5 aliphatic heterocycles. The van der Waals surface area contributed by atoms with Gasteiger partial charge >= 0.3 is 18.1 Å². The van der Waals surface area contributed by atoms with Gasteiger partial charge in [-0.1, -0.05) is 12.0 Å². The Bertz CT molecular complexity index is 2320. The third-order valence-electron chi connectivity index (χ3n) is 11.7. The van der Waals surface area contributed by atoms with E-state index in [2.05, 4.69) is 20.8 Å². The molecule has 13 nitrogen and oxygen atoms in total. The van der Waals surface area contributed by atoms with Crippen LogP contribution in [0.5, 0.6) is 17.6 Å². The molecule has 0 radical (unpaired) electrons. The first-order valence-electron chi connectivity index (χ1n) is 18.4. The zero-order chi connectivity index (χ0) is 38.3. The van der Waals surface area contributed by atoms with Gasteiger partial charge in [0.1, 0.15) is 53.4 Å². The van der Waals surface area contributed by atoms with E-state index in [1.54, 1.807) is 4.90 Å². The van der Waals surface area contributed by atoms with Crippen molar-refractivity contribution in [3.63, 3.8) is 0 Å². The SMILES string of the molecule is C#Cc1c(F)ccc2cc(O)cc(-c3nc4c5c(nc(OC[C@@]67CCCN6C[C@H](F)C7)nc5c3F)N3C[C@@H]5CC[C@H](C3CO4)N5C(=O)OC(C)OC(C)=O)c12. The van der Waals surface area contributed by atoms with Gasteiger partial charge in [-0.3, -0.25) is 14.6 Å². The molecule has 7 heterocycles. The molecule has 2 bridgehead atoms. The van der Waals surface area contributed by atoms with Gasteiger partial charge in [-0.25, -0.2) is 22.9 Å². The Morgan fingerprint density at radius 1 is 1.13 bits per heavy atom. The van der Waals surface area contributed by atoms with E-state index in [-0.39, 0.29) is 82.4 Å². The molecule has 55 heavy (non-hydrogen) atoms. The lowest BCUT2D eigenvalue weighted by Crippen LogP contribution is -2.63. The van der Waals surface area contributed by atoms with Gasteiger partial charge in [-0.05, 0) is 55.8 Å². The molecule has 4 aromatic rings. The number of ether oxygens (including phenoxy) is 4. The van der Waals surface area contributed by atoms with Gasteiger partial charge < -0.3 is 29.0 Å². The molecule has 4 saturated heterocycles. The number of rotatable bonds is 6. The highest BCUT2D eigenvalue weighted by molar-refractivity contribution is 6.04. The number of esters is 1. The normalized spacial score (nSPS) is 25.9. The topological polar surface area (TPSA) is 140 Å². The van der Waals surface area contributed by atoms with E-state index in [1.807, 2.05) is 4.90 Å². The first kappa shape index (κ1) is 35.2. The number of alkyl halides is 1. The molecule has 1 N–H and O–H groups in total. The highest BCUT2D eigenvalue weighted by Crippen LogP contribution is 2.47. The maximum Gasteiger partial charge on any atom is 0.413 e. The number of carbonyl (C=O) groups excluding carboxylic acids is 2. The van der Waals surface area contributed by atoms with Crippen molar-refractivity contribution < 1.29 is 46.8 Å². The van der Waals surface area contributed by atoms with Crippen LogP contribution in [0.25, 0.3) is 32.9 Å². The molecule has 4 fully saturated rings. The first-order valence-corrected chi connectivity index (χ1v) is 18.4. The Labute approximate surface area is 313 Å². The molecule has 6 atom stereocenters. The van der Waals surface area contributed by atoms with Crippen LogP contribution in [-0.4, -0.2) is 111 Å². The number of fused-ring (bicyclic) bond motifs is 7. The minimum absolute atomic E-state index is 0.0125. The monoisotopic (exact) mass is 758 g/mol. The lowest BCUT2D eigenvalue weighted by atomic mass is 9.95. The van der Waals surface area contributed by atoms with Gasteiger partial charge in [0.25, 0.3) is 0 Å². The van der Waals surface area contributed by atoms with Crippen molar-refractivity contribution in [2.45, 2.75) is 82.1 Å². The Hall–Kier alpha value is -5.56. The van der Waals surface area contributed by atoms with E-state index in [1.165, 1.54) is 38.1 Å². The number of phenols is 1. The Morgan fingerprint density at radius 3 is 2.76 bits per heavy atom. The Morgan fingerprint density at radius 2 is 1.96 bits per heavy atom. The summed E-state index contributed by atoms with van der Waals surface area (Å²) in [5, 5.41) is 11.4. The summed E-state index contributed by atoms with van der Waals surface area (Å²) in [5.74, 6) is 0.156. The van der Waals surface area contributed by atoms with Crippen LogP contribution in [0, 0.1) is 24.0 Å². The summed E-state index contributed by atoms with van der Waals surface area (Å²) < 4.78 is 70.3. The van der Waals surface area contributed by atoms with Crippen LogP contribution in [-0.2, 0) is 14.3 Å². The van der Waals surface area contributed by atoms with Gasteiger partial charge in [-0.2, -0.15) is 9.97 Å². The lowest BCUT2D eigenvalue weighted by molar-refractivity contribution is -0.163. The number of carbonyl (C=O) groups is 2. The molecule has 16 heteroatoms. The van der Waals surface area contributed by atoms with Crippen molar-refractivity contribution in [3.05, 3.63) is 41.5 Å². The predicted molar refractivity (Wildman–Crippen MR) is 191 cm³/mol. The summed E-state index contributed by atoms with van der Waals surface area (Å²) in [6.45, 7) is 4.07. The smallest absolute Gasteiger partial charge is 0.413 e. The highest BCUT2D eigenvalue weighted by Gasteiger charge is 2.52. The third-order valence-corrected chi connectivity index (χ3v) is 11.7. The molecule has 0 saturated carbocycles. The summed E-state index contributed by atoms with van der Waals surface area (Å²) in [7, 11) is 0. The largest absolute Gasteiger partial charge is 0.508 e. The van der Waals surface area contributed by atoms with Gasteiger partial charge in [0.05, 0.1) is 29.2 Å². The molecule has 9 rings (SSSR count). The average Bonchev–Trinajstić information content (AvgIpc) is 3.74. The van der Waals surface area contributed by atoms with Gasteiger partial charge in [0, 0.05) is 44.3 Å². The average molecular weight is 759 g/mol. The molecular formula is C39H37F3N6O7. The van der Waals surface area contributed by atoms with Crippen LogP contribution in [0.1, 0.15) is 51.5 Å². The molecular weight excluding hydrogens is 721 g/mol. The summed E-state index contributed by atoms with van der Waals surface area (Å²) in [5.41, 5.74) is -1.17. The van der Waals surface area contributed by atoms with Crippen LogP contribution in [0.15, 0.2) is 24.3 Å². The number of nitrogens with zero attached hydrogens (tertiary/aromatic N) is 6. The fraction of sp³-hybridized carbons (Fsp3) is 0.462. The molecule has 2 unspecified atom stereocenters. The van der Waals surface area contributed by atoms with Crippen molar-refractivity contribution in [2.24, 2.45) is 0 Å². The quantitative estimate of drug-likeness (QED) is 0.157. The second kappa shape index (κ2) is 13.0. The molecule has 0 aliphatic carbocycles. The number of aromatic nitrogens is 3. The number of amides is 1. The van der Waals surface area contributed by atoms with Crippen molar-refractivity contribution in [1.82, 2.24) is 24.8 Å². The third kappa shape index (κ3) is 5.70. The maximum atomic E-state index is 17.3. The molecule has 1 amide bonds. The van der Waals surface area contributed by atoms with Crippen molar-refractivity contribution in [2.75, 3.05) is 37.7 Å². The van der Waals surface area contributed by atoms with Crippen LogP contribution >= 0.6 is 0 Å². The Kier molecular flexibility index (Phi) is 8.34. The van der Waals surface area contributed by atoms with E-state index in [0.717, 1.165) is 19.4 Å². The standard InChI is InChI=1S/C39H37F3N6O7/c1-4-25-27(41)8-6-21-12-24(50)13-26(30(21)25)33-32(42)34-31-35(45-37(44-34)53-18-39-10-5-11-46(39)15-22(40)14-39)47-16-23-7-9-28(29(47)17-52-36(31)43-33)48(23)38(51)55-20(3)54-19(2)49/h1,6,8,12-13,20,22-23,28-29,50H,5,7,9-11,14-18H2,2-3H3/t20?,22-,23+,28-,29?,39+/m1/s1. The fourth-order valence-electron chi connectivity index (χ4n) is 9.45. The summed E-state index contributed by atoms with van der Waals surface area (Å²) in [4.78, 5) is 44.8. The lowest BCUT2D eigenvalue weighted by Gasteiger charge is -2.46. The number of aromatic hydroxyl groups is 1.